The molecule has 153 valence electrons. The number of nitrogens with zero attached hydrogens (tertiary/aromatic N) is 5. The number of hydrogen-bond acceptors (Lipinski definition) is 3. The molecule has 29 heavy (non-hydrogen) atoms. The van der Waals surface area contributed by atoms with E-state index >= 15 is 0 Å². The van der Waals surface area contributed by atoms with E-state index in [1.54, 1.807) is 6.33 Å². The van der Waals surface area contributed by atoms with Gasteiger partial charge in [-0.05, 0) is 35.4 Å². The molecule has 0 saturated carbocycles. The summed E-state index contributed by atoms with van der Waals surface area (Å²) in [6, 6.07) is 13.9. The fourth-order valence-electron chi connectivity index (χ4n) is 3.73. The number of aromatic nitrogens is 5. The molecule has 0 spiro atoms. The summed E-state index contributed by atoms with van der Waals surface area (Å²) in [4.78, 5) is 9.25. The number of imidazole rings is 1. The van der Waals surface area contributed by atoms with Crippen LogP contribution in [-0.2, 0) is 27.2 Å². The first-order valence-corrected chi connectivity index (χ1v) is 9.76. The maximum Gasteiger partial charge on any atom is 0.127 e. The van der Waals surface area contributed by atoms with E-state index in [-0.39, 0.29) is 20.1 Å². The van der Waals surface area contributed by atoms with E-state index in [1.165, 1.54) is 11.1 Å². The van der Waals surface area contributed by atoms with Crippen LogP contribution in [0.25, 0.3) is 28.1 Å². The van der Waals surface area contributed by atoms with Crippen molar-refractivity contribution in [2.75, 3.05) is 0 Å². The summed E-state index contributed by atoms with van der Waals surface area (Å²) in [5.41, 5.74) is 6.59. The Morgan fingerprint density at radius 1 is 1.03 bits per heavy atom. The monoisotopic (exact) mass is 565 g/mol. The van der Waals surface area contributed by atoms with Gasteiger partial charge in [0.1, 0.15) is 6.33 Å². The molecular weight excluding hydrogens is 539 g/mol. The zero-order valence-corrected chi connectivity index (χ0v) is 20.1. The minimum atomic E-state index is 0. The van der Waals surface area contributed by atoms with Gasteiger partial charge in [0, 0.05) is 32.7 Å². The van der Waals surface area contributed by atoms with Gasteiger partial charge in [-0.2, -0.15) is 5.10 Å². The molecule has 2 aromatic heterocycles. The zero-order valence-electron chi connectivity index (χ0n) is 17.7. The molecule has 5 nitrogen and oxygen atoms in total. The fraction of sp³-hybridized carbons (Fsp3) is 0.348. The molecule has 4 rings (SSSR count). The molecular formula is C23H26IrN5-. The molecule has 0 aliphatic heterocycles. The van der Waals surface area contributed by atoms with Crippen molar-refractivity contribution in [1.29, 1.82) is 0 Å². The Hall–Kier alpha value is -2.30. The van der Waals surface area contributed by atoms with Gasteiger partial charge < -0.3 is 4.57 Å². The maximum absolute atomic E-state index is 4.66. The number of rotatable bonds is 4. The van der Waals surface area contributed by atoms with Crippen LogP contribution in [0.15, 0.2) is 36.7 Å². The summed E-state index contributed by atoms with van der Waals surface area (Å²) < 4.78 is 4.05. The third kappa shape index (κ3) is 3.67. The Balaban J connectivity index is 0.00000240. The molecule has 2 heterocycles. The van der Waals surface area contributed by atoms with Crippen molar-refractivity contribution in [2.45, 2.75) is 46.5 Å². The Kier molecular flexibility index (Phi) is 6.06. The number of hydrogen-bond donors (Lipinski definition) is 0. The first kappa shape index (κ1) is 21.4. The van der Waals surface area contributed by atoms with Crippen LogP contribution in [0.5, 0.6) is 0 Å². The first-order valence-electron chi connectivity index (χ1n) is 9.76. The Morgan fingerprint density at radius 3 is 2.31 bits per heavy atom. The average Bonchev–Trinajstić information content (AvgIpc) is 3.25. The second-order valence-electron chi connectivity index (χ2n) is 7.93. The van der Waals surface area contributed by atoms with E-state index in [2.05, 4.69) is 77.7 Å². The van der Waals surface area contributed by atoms with Crippen LogP contribution in [0.1, 0.15) is 56.5 Å². The van der Waals surface area contributed by atoms with E-state index in [0.29, 0.717) is 11.8 Å². The van der Waals surface area contributed by atoms with E-state index < -0.39 is 0 Å². The minimum absolute atomic E-state index is 0. The van der Waals surface area contributed by atoms with Gasteiger partial charge in [0.2, 0.25) is 0 Å². The van der Waals surface area contributed by atoms with Crippen molar-refractivity contribution in [2.24, 2.45) is 7.05 Å². The van der Waals surface area contributed by atoms with Gasteiger partial charge in [-0.3, -0.25) is 14.6 Å². The predicted molar refractivity (Wildman–Crippen MR) is 113 cm³/mol. The predicted octanol–water partition coefficient (Wildman–Crippen LogP) is 5.17. The van der Waals surface area contributed by atoms with Gasteiger partial charge in [-0.25, -0.2) is 0 Å². The summed E-state index contributed by atoms with van der Waals surface area (Å²) in [5.74, 6) is 2.54. The maximum atomic E-state index is 4.66. The van der Waals surface area contributed by atoms with Gasteiger partial charge in [0.05, 0.1) is 17.3 Å². The zero-order chi connectivity index (χ0) is 20.0. The van der Waals surface area contributed by atoms with Crippen LogP contribution >= 0.6 is 0 Å². The van der Waals surface area contributed by atoms with Crippen molar-refractivity contribution in [3.05, 3.63) is 59.7 Å². The van der Waals surface area contributed by atoms with E-state index in [4.69, 9.17) is 0 Å². The van der Waals surface area contributed by atoms with Crippen LogP contribution in [0, 0.1) is 13.0 Å². The Bertz CT molecular complexity index is 1130. The standard InChI is InChI=1S/C23H26N5.Ir/c1-14(2)18-8-7-9-19(15(3)4)22(18)28-23(24-13-25-28)17-10-11-21-20(12-17)26-16(5)27(21)6;/h7-9,11-15H,1-6H3;/q-1;. The van der Waals surface area contributed by atoms with Crippen LogP contribution in [-0.4, -0.2) is 24.3 Å². The third-order valence-corrected chi connectivity index (χ3v) is 5.38. The van der Waals surface area contributed by atoms with Gasteiger partial charge in [-0.1, -0.05) is 45.9 Å². The molecule has 0 N–H and O–H groups in total. The second kappa shape index (κ2) is 8.21. The molecule has 0 fully saturated rings. The van der Waals surface area contributed by atoms with Crippen LogP contribution < -0.4 is 0 Å². The van der Waals surface area contributed by atoms with Crippen molar-refractivity contribution in [1.82, 2.24) is 24.3 Å². The van der Waals surface area contributed by atoms with Crippen molar-refractivity contribution in [3.63, 3.8) is 0 Å². The van der Waals surface area contributed by atoms with Crippen LogP contribution in [0.3, 0.4) is 0 Å². The van der Waals surface area contributed by atoms with E-state index in [1.807, 2.05) is 24.7 Å². The quantitative estimate of drug-likeness (QED) is 0.321. The third-order valence-electron chi connectivity index (χ3n) is 5.38. The molecule has 0 amide bonds. The first-order chi connectivity index (χ1) is 13.4. The number of para-hydroxylation sites is 1. The number of benzene rings is 2. The molecule has 0 aliphatic rings. The average molecular weight is 565 g/mol. The molecule has 4 aromatic rings. The SMILES string of the molecule is Cc1nc2cc(-c3ncnn3-c3c(C(C)C)cccc3C(C)C)[c-]cc2n1C.[Ir]. The van der Waals surface area contributed by atoms with Gasteiger partial charge in [0.25, 0.3) is 0 Å². The molecule has 2 aromatic carbocycles. The van der Waals surface area contributed by atoms with Crippen molar-refractivity contribution >= 4 is 11.0 Å². The van der Waals surface area contributed by atoms with Gasteiger partial charge in [-0.15, -0.1) is 23.8 Å². The molecule has 0 unspecified atom stereocenters. The smallest absolute Gasteiger partial charge is 0.127 e. The second-order valence-corrected chi connectivity index (χ2v) is 7.93. The normalized spacial score (nSPS) is 11.4. The van der Waals surface area contributed by atoms with Crippen molar-refractivity contribution in [3.8, 4) is 17.1 Å². The number of fused-ring (bicyclic) bond motifs is 1. The summed E-state index contributed by atoms with van der Waals surface area (Å²) in [5, 5.41) is 4.61. The molecule has 6 heteroatoms. The topological polar surface area (TPSA) is 48.5 Å². The Labute approximate surface area is 185 Å². The van der Waals surface area contributed by atoms with Crippen LogP contribution in [0.4, 0.5) is 0 Å². The van der Waals surface area contributed by atoms with Gasteiger partial charge in [0.15, 0.2) is 0 Å². The largest absolute Gasteiger partial charge is 0.371 e. The van der Waals surface area contributed by atoms with Gasteiger partial charge >= 0.3 is 0 Å². The molecule has 0 saturated heterocycles. The minimum Gasteiger partial charge on any atom is -0.371 e. The van der Waals surface area contributed by atoms with Crippen molar-refractivity contribution < 1.29 is 20.1 Å². The van der Waals surface area contributed by atoms with Crippen LogP contribution in [0.2, 0.25) is 0 Å². The Morgan fingerprint density at radius 2 is 1.69 bits per heavy atom. The van der Waals surface area contributed by atoms with E-state index in [9.17, 15) is 0 Å². The summed E-state index contributed by atoms with van der Waals surface area (Å²) in [7, 11) is 2.02. The fourth-order valence-corrected chi connectivity index (χ4v) is 3.73. The molecule has 0 atom stereocenters. The summed E-state index contributed by atoms with van der Waals surface area (Å²) >= 11 is 0. The molecule has 1 radical (unpaired) electrons. The molecule has 0 bridgehead atoms. The summed E-state index contributed by atoms with van der Waals surface area (Å²) in [6.07, 6.45) is 1.62. The summed E-state index contributed by atoms with van der Waals surface area (Å²) in [6.45, 7) is 10.9. The van der Waals surface area contributed by atoms with E-state index in [0.717, 1.165) is 33.9 Å². The number of aryl methyl sites for hydroxylation is 2. The molecule has 0 aliphatic carbocycles.